The van der Waals surface area contributed by atoms with Crippen LogP contribution in [0.2, 0.25) is 0 Å². The van der Waals surface area contributed by atoms with Crippen LogP contribution in [0.5, 0.6) is 0 Å². The number of amides is 1. The number of benzene rings is 1. The van der Waals surface area contributed by atoms with Crippen LogP contribution < -0.4 is 0 Å². The van der Waals surface area contributed by atoms with Gasteiger partial charge in [-0.2, -0.15) is 4.31 Å². The van der Waals surface area contributed by atoms with Gasteiger partial charge in [0.2, 0.25) is 15.9 Å². The lowest BCUT2D eigenvalue weighted by molar-refractivity contribution is -0.132. The molecule has 3 rings (SSSR count). The third-order valence-corrected chi connectivity index (χ3v) is 7.35. The maximum atomic E-state index is 12.4. The molecule has 5 nitrogen and oxygen atoms in total. The monoisotopic (exact) mass is 364 g/mol. The second-order valence-electron chi connectivity index (χ2n) is 7.35. The van der Waals surface area contributed by atoms with Crippen molar-refractivity contribution in [2.75, 3.05) is 31.9 Å². The Kier molecular flexibility index (Phi) is 5.79. The highest BCUT2D eigenvalue weighted by Crippen LogP contribution is 2.23. The van der Waals surface area contributed by atoms with E-state index < -0.39 is 10.0 Å². The van der Waals surface area contributed by atoms with Gasteiger partial charge in [-0.05, 0) is 50.5 Å². The molecule has 1 aromatic rings. The Bertz CT molecular complexity index is 692. The van der Waals surface area contributed by atoms with Gasteiger partial charge >= 0.3 is 0 Å². The Hall–Kier alpha value is -1.40. The van der Waals surface area contributed by atoms with Crippen LogP contribution in [0.15, 0.2) is 24.3 Å². The number of nitrogens with zero attached hydrogens (tertiary/aromatic N) is 2. The van der Waals surface area contributed by atoms with Crippen molar-refractivity contribution in [1.82, 2.24) is 9.21 Å². The van der Waals surface area contributed by atoms with Crippen LogP contribution in [0.4, 0.5) is 0 Å². The molecule has 0 bridgehead atoms. The number of sulfonamides is 1. The molecule has 0 radical (unpaired) electrons. The van der Waals surface area contributed by atoms with Crippen LogP contribution in [0.3, 0.4) is 0 Å². The lowest BCUT2D eigenvalue weighted by atomic mass is 9.90. The third-order valence-electron chi connectivity index (χ3n) is 5.44. The van der Waals surface area contributed by atoms with Crippen molar-refractivity contribution in [3.8, 4) is 0 Å². The summed E-state index contributed by atoms with van der Waals surface area (Å²) < 4.78 is 25.0. The van der Waals surface area contributed by atoms with Crippen molar-refractivity contribution in [3.63, 3.8) is 0 Å². The maximum Gasteiger partial charge on any atom is 0.237 e. The molecule has 138 valence electrons. The second-order valence-corrected chi connectivity index (χ2v) is 9.44. The molecule has 0 aromatic heterocycles. The summed E-state index contributed by atoms with van der Waals surface area (Å²) in [6.45, 7) is 4.12. The molecule has 2 aliphatic heterocycles. The van der Waals surface area contributed by atoms with Crippen molar-refractivity contribution in [2.24, 2.45) is 5.92 Å². The minimum atomic E-state index is -3.19. The Morgan fingerprint density at radius 2 is 1.80 bits per heavy atom. The highest BCUT2D eigenvalue weighted by molar-refractivity contribution is 7.89. The first-order valence-electron chi connectivity index (χ1n) is 9.25. The molecule has 2 aliphatic rings. The van der Waals surface area contributed by atoms with E-state index in [1.807, 2.05) is 4.90 Å². The largest absolute Gasteiger partial charge is 0.342 e. The predicted octanol–water partition coefficient (Wildman–Crippen LogP) is 2.20. The van der Waals surface area contributed by atoms with Gasteiger partial charge in [0.05, 0.1) is 12.3 Å². The summed E-state index contributed by atoms with van der Waals surface area (Å²) >= 11 is 0. The van der Waals surface area contributed by atoms with Crippen molar-refractivity contribution < 1.29 is 13.2 Å². The molecular formula is C19H28N2O3S. The molecule has 2 heterocycles. The Morgan fingerprint density at radius 3 is 2.40 bits per heavy atom. The number of likely N-dealkylation sites (tertiary alicyclic amines) is 1. The molecule has 1 aromatic carbocycles. The van der Waals surface area contributed by atoms with Gasteiger partial charge < -0.3 is 4.90 Å². The average Bonchev–Trinajstić information content (AvgIpc) is 2.93. The minimum absolute atomic E-state index is 0.0242. The van der Waals surface area contributed by atoms with E-state index in [2.05, 4.69) is 31.2 Å². The molecule has 0 spiro atoms. The van der Waals surface area contributed by atoms with Crippen LogP contribution in [-0.2, 0) is 21.2 Å². The van der Waals surface area contributed by atoms with E-state index in [-0.39, 0.29) is 18.2 Å². The van der Waals surface area contributed by atoms with Gasteiger partial charge in [-0.3, -0.25) is 4.79 Å². The lowest BCUT2D eigenvalue weighted by Crippen LogP contribution is -2.44. The zero-order chi connectivity index (χ0) is 17.9. The molecule has 0 atom stereocenters. The molecule has 0 aliphatic carbocycles. The van der Waals surface area contributed by atoms with Crippen molar-refractivity contribution in [3.05, 3.63) is 35.4 Å². The number of carbonyl (C=O) groups is 1. The molecule has 0 N–H and O–H groups in total. The molecule has 2 saturated heterocycles. The summed E-state index contributed by atoms with van der Waals surface area (Å²) in [6, 6.07) is 8.71. The smallest absolute Gasteiger partial charge is 0.237 e. The summed E-state index contributed by atoms with van der Waals surface area (Å²) in [5, 5.41) is 0. The van der Waals surface area contributed by atoms with Crippen molar-refractivity contribution in [1.29, 1.82) is 0 Å². The SMILES string of the molecule is Cc1ccc(CCC2CCN(C(=O)CN3CCCS3(=O)=O)CC2)cc1. The molecule has 0 unspecified atom stereocenters. The number of hydrogen-bond donors (Lipinski definition) is 0. The Morgan fingerprint density at radius 1 is 1.12 bits per heavy atom. The number of piperidine rings is 1. The van der Waals surface area contributed by atoms with E-state index in [0.29, 0.717) is 18.9 Å². The van der Waals surface area contributed by atoms with E-state index in [4.69, 9.17) is 0 Å². The summed E-state index contributed by atoms with van der Waals surface area (Å²) in [4.78, 5) is 14.2. The van der Waals surface area contributed by atoms with E-state index >= 15 is 0 Å². The summed E-state index contributed by atoms with van der Waals surface area (Å²) in [5.74, 6) is 0.796. The zero-order valence-corrected chi connectivity index (χ0v) is 15.8. The van der Waals surface area contributed by atoms with Crippen LogP contribution in [0.1, 0.15) is 36.8 Å². The number of aryl methyl sites for hydroxylation is 2. The Balaban J connectivity index is 1.42. The number of rotatable bonds is 5. The van der Waals surface area contributed by atoms with Crippen molar-refractivity contribution in [2.45, 2.75) is 39.0 Å². The van der Waals surface area contributed by atoms with Gasteiger partial charge in [-0.25, -0.2) is 8.42 Å². The lowest BCUT2D eigenvalue weighted by Gasteiger charge is -2.33. The van der Waals surface area contributed by atoms with Gasteiger partial charge in [-0.1, -0.05) is 29.8 Å². The first-order chi connectivity index (χ1) is 11.9. The average molecular weight is 365 g/mol. The fraction of sp³-hybridized carbons (Fsp3) is 0.632. The maximum absolute atomic E-state index is 12.4. The van der Waals surface area contributed by atoms with Gasteiger partial charge in [0, 0.05) is 19.6 Å². The van der Waals surface area contributed by atoms with Crippen molar-refractivity contribution >= 4 is 15.9 Å². The van der Waals surface area contributed by atoms with Gasteiger partial charge in [0.1, 0.15) is 0 Å². The summed E-state index contributed by atoms with van der Waals surface area (Å²) in [5.41, 5.74) is 2.67. The van der Waals surface area contributed by atoms with E-state index in [0.717, 1.165) is 38.8 Å². The Labute approximate surface area is 151 Å². The molecular weight excluding hydrogens is 336 g/mol. The van der Waals surface area contributed by atoms with Gasteiger partial charge in [0.15, 0.2) is 0 Å². The third kappa shape index (κ3) is 4.82. The number of hydrogen-bond acceptors (Lipinski definition) is 3. The quantitative estimate of drug-likeness (QED) is 0.805. The fourth-order valence-corrected chi connectivity index (χ4v) is 5.18. The van der Waals surface area contributed by atoms with Crippen LogP contribution in [0, 0.1) is 12.8 Å². The molecule has 0 saturated carbocycles. The first-order valence-corrected chi connectivity index (χ1v) is 10.9. The number of carbonyl (C=O) groups excluding carboxylic acids is 1. The highest BCUT2D eigenvalue weighted by Gasteiger charge is 2.32. The predicted molar refractivity (Wildman–Crippen MR) is 98.8 cm³/mol. The van der Waals surface area contributed by atoms with Crippen LogP contribution in [-0.4, -0.2) is 55.5 Å². The minimum Gasteiger partial charge on any atom is -0.342 e. The van der Waals surface area contributed by atoms with Crippen LogP contribution >= 0.6 is 0 Å². The highest BCUT2D eigenvalue weighted by atomic mass is 32.2. The summed E-state index contributed by atoms with van der Waals surface area (Å²) in [7, 11) is -3.19. The van der Waals surface area contributed by atoms with E-state index in [1.165, 1.54) is 15.4 Å². The topological polar surface area (TPSA) is 57.7 Å². The van der Waals surface area contributed by atoms with Gasteiger partial charge in [0.25, 0.3) is 0 Å². The molecule has 6 heteroatoms. The standard InChI is InChI=1S/C19H28N2O3S/c1-16-3-5-17(6-4-16)7-8-18-9-12-20(13-10-18)19(22)15-21-11-2-14-25(21,23)24/h3-6,18H,2,7-15H2,1H3. The molecule has 25 heavy (non-hydrogen) atoms. The summed E-state index contributed by atoms with van der Waals surface area (Å²) in [6.07, 6.45) is 4.92. The normalized spacial score (nSPS) is 21.6. The first kappa shape index (κ1) is 18.4. The molecule has 1 amide bonds. The van der Waals surface area contributed by atoms with E-state index in [1.54, 1.807) is 0 Å². The zero-order valence-electron chi connectivity index (χ0n) is 15.0. The fourth-order valence-electron chi connectivity index (χ4n) is 3.72. The second kappa shape index (κ2) is 7.87. The van der Waals surface area contributed by atoms with Crippen LogP contribution in [0.25, 0.3) is 0 Å². The van der Waals surface area contributed by atoms with Gasteiger partial charge in [-0.15, -0.1) is 0 Å². The van der Waals surface area contributed by atoms with E-state index in [9.17, 15) is 13.2 Å². The molecule has 2 fully saturated rings.